The monoisotopic (exact) mass is 374 g/mol. The number of rotatable bonds is 8. The first kappa shape index (κ1) is 19.4. The average molecular weight is 374 g/mol. The fourth-order valence-corrected chi connectivity index (χ4v) is 3.17. The van der Waals surface area contributed by atoms with Crippen molar-refractivity contribution >= 4 is 5.91 Å². The van der Waals surface area contributed by atoms with Gasteiger partial charge in [-0.05, 0) is 29.8 Å². The summed E-state index contributed by atoms with van der Waals surface area (Å²) in [5.74, 6) is 1.49. The van der Waals surface area contributed by atoms with E-state index in [0.717, 1.165) is 24.4 Å². The molecule has 0 aliphatic carbocycles. The van der Waals surface area contributed by atoms with E-state index < -0.39 is 0 Å². The third kappa shape index (κ3) is 5.09. The average Bonchev–Trinajstić information content (AvgIpc) is 3.18. The van der Waals surface area contributed by atoms with Crippen molar-refractivity contribution in [3.05, 3.63) is 53.5 Å². The number of benzene rings is 1. The summed E-state index contributed by atoms with van der Waals surface area (Å²) in [6.07, 6.45) is 0. The van der Waals surface area contributed by atoms with Crippen LogP contribution in [0.1, 0.15) is 27.9 Å². The van der Waals surface area contributed by atoms with E-state index in [1.807, 2.05) is 24.3 Å². The van der Waals surface area contributed by atoms with Gasteiger partial charge in [0, 0.05) is 26.7 Å². The Kier molecular flexibility index (Phi) is 6.86. The quantitative estimate of drug-likeness (QED) is 0.764. The largest absolute Gasteiger partial charge is 0.497 e. The van der Waals surface area contributed by atoms with Crippen LogP contribution in [0, 0.1) is 0 Å². The van der Waals surface area contributed by atoms with E-state index in [1.54, 1.807) is 26.4 Å². The molecule has 27 heavy (non-hydrogen) atoms. The van der Waals surface area contributed by atoms with E-state index in [-0.39, 0.29) is 17.7 Å². The summed E-state index contributed by atoms with van der Waals surface area (Å²) in [7, 11) is 3.24. The van der Waals surface area contributed by atoms with Crippen molar-refractivity contribution in [1.29, 1.82) is 0 Å². The number of carbonyl (C=O) groups is 1. The Labute approximate surface area is 159 Å². The summed E-state index contributed by atoms with van der Waals surface area (Å²) in [5.41, 5.74) is 1.12. The maximum Gasteiger partial charge on any atom is 0.287 e. The van der Waals surface area contributed by atoms with Gasteiger partial charge in [0.05, 0.1) is 26.4 Å². The maximum absolute atomic E-state index is 12.5. The molecule has 1 amide bonds. The molecule has 7 heteroatoms. The van der Waals surface area contributed by atoms with Crippen LogP contribution in [0.15, 0.2) is 40.8 Å². The van der Waals surface area contributed by atoms with E-state index in [4.69, 9.17) is 18.6 Å². The molecule has 1 N–H and O–H groups in total. The predicted octanol–water partition coefficient (Wildman–Crippen LogP) is 2.24. The number of hydrogen-bond acceptors (Lipinski definition) is 6. The van der Waals surface area contributed by atoms with Gasteiger partial charge in [-0.1, -0.05) is 12.1 Å². The molecular weight excluding hydrogens is 348 g/mol. The van der Waals surface area contributed by atoms with Crippen molar-refractivity contribution in [2.24, 2.45) is 0 Å². The molecule has 1 atom stereocenters. The van der Waals surface area contributed by atoms with Crippen molar-refractivity contribution in [3.8, 4) is 5.75 Å². The second-order valence-electron chi connectivity index (χ2n) is 6.35. The Balaban J connectivity index is 1.69. The number of nitrogens with one attached hydrogen (secondary N) is 1. The number of methoxy groups -OCH3 is 2. The Hall–Kier alpha value is -2.35. The molecule has 7 nitrogen and oxygen atoms in total. The summed E-state index contributed by atoms with van der Waals surface area (Å²) >= 11 is 0. The maximum atomic E-state index is 12.5. The van der Waals surface area contributed by atoms with Crippen molar-refractivity contribution in [1.82, 2.24) is 10.2 Å². The van der Waals surface area contributed by atoms with Gasteiger partial charge in [0.25, 0.3) is 5.91 Å². The van der Waals surface area contributed by atoms with Crippen molar-refractivity contribution in [2.75, 3.05) is 47.1 Å². The lowest BCUT2D eigenvalue weighted by Crippen LogP contribution is -2.43. The minimum absolute atomic E-state index is 0.0529. The highest BCUT2D eigenvalue weighted by Gasteiger charge is 2.24. The molecular formula is C20H26N2O5. The van der Waals surface area contributed by atoms with Crippen LogP contribution in [-0.2, 0) is 16.1 Å². The Morgan fingerprint density at radius 2 is 1.89 bits per heavy atom. The van der Waals surface area contributed by atoms with Gasteiger partial charge in [-0.25, -0.2) is 0 Å². The van der Waals surface area contributed by atoms with Gasteiger partial charge in [-0.2, -0.15) is 0 Å². The predicted molar refractivity (Wildman–Crippen MR) is 99.9 cm³/mol. The summed E-state index contributed by atoms with van der Waals surface area (Å²) in [4.78, 5) is 14.8. The third-order valence-corrected chi connectivity index (χ3v) is 4.62. The SMILES string of the molecule is COCc1ccc(C(=O)NCC(c2ccc(OC)cc2)N2CCOCC2)o1. The van der Waals surface area contributed by atoms with Gasteiger partial charge in [0.1, 0.15) is 18.1 Å². The molecule has 0 radical (unpaired) electrons. The number of morpholine rings is 1. The zero-order valence-electron chi connectivity index (χ0n) is 15.8. The smallest absolute Gasteiger partial charge is 0.287 e. The van der Waals surface area contributed by atoms with Crippen molar-refractivity contribution < 1.29 is 23.4 Å². The first-order valence-corrected chi connectivity index (χ1v) is 9.03. The molecule has 1 unspecified atom stereocenters. The topological polar surface area (TPSA) is 73.2 Å². The third-order valence-electron chi connectivity index (χ3n) is 4.62. The fraction of sp³-hybridized carbons (Fsp3) is 0.450. The number of hydrogen-bond donors (Lipinski definition) is 1. The standard InChI is InChI=1S/C20H26N2O5/c1-24-14-17-7-8-19(27-17)20(23)21-13-18(22-9-11-26-12-10-22)15-3-5-16(25-2)6-4-15/h3-8,18H,9-14H2,1-2H3,(H,21,23). The molecule has 2 heterocycles. The molecule has 1 aliphatic rings. The van der Waals surface area contributed by atoms with Crippen LogP contribution in [0.5, 0.6) is 5.75 Å². The van der Waals surface area contributed by atoms with Crippen LogP contribution in [0.25, 0.3) is 0 Å². The first-order valence-electron chi connectivity index (χ1n) is 9.03. The minimum Gasteiger partial charge on any atom is -0.497 e. The number of nitrogens with zero attached hydrogens (tertiary/aromatic N) is 1. The number of carbonyl (C=O) groups excluding carboxylic acids is 1. The van der Waals surface area contributed by atoms with E-state index >= 15 is 0 Å². The lowest BCUT2D eigenvalue weighted by atomic mass is 10.0. The minimum atomic E-state index is -0.232. The van der Waals surface area contributed by atoms with Gasteiger partial charge in [-0.3, -0.25) is 9.69 Å². The normalized spacial score (nSPS) is 16.1. The second-order valence-corrected chi connectivity index (χ2v) is 6.35. The molecule has 146 valence electrons. The van der Waals surface area contributed by atoms with E-state index in [0.29, 0.717) is 32.1 Å². The highest BCUT2D eigenvalue weighted by atomic mass is 16.5. The van der Waals surface area contributed by atoms with Gasteiger partial charge in [-0.15, -0.1) is 0 Å². The zero-order chi connectivity index (χ0) is 19.1. The molecule has 2 aromatic rings. The van der Waals surface area contributed by atoms with Crippen molar-refractivity contribution in [2.45, 2.75) is 12.6 Å². The fourth-order valence-electron chi connectivity index (χ4n) is 3.17. The Morgan fingerprint density at radius 1 is 1.15 bits per heavy atom. The molecule has 1 aromatic heterocycles. The van der Waals surface area contributed by atoms with E-state index in [9.17, 15) is 4.79 Å². The van der Waals surface area contributed by atoms with Crippen molar-refractivity contribution in [3.63, 3.8) is 0 Å². The summed E-state index contributed by atoms with van der Waals surface area (Å²) in [5, 5.41) is 2.99. The summed E-state index contributed by atoms with van der Waals surface area (Å²) < 4.78 is 21.2. The van der Waals surface area contributed by atoms with Crippen LogP contribution in [0.4, 0.5) is 0 Å². The van der Waals surface area contributed by atoms with Crippen LogP contribution < -0.4 is 10.1 Å². The Bertz CT molecular complexity index is 722. The van der Waals surface area contributed by atoms with Crippen LogP contribution in [0.2, 0.25) is 0 Å². The second kappa shape index (κ2) is 9.55. The number of ether oxygens (including phenoxy) is 3. The number of furan rings is 1. The molecule has 1 fully saturated rings. The molecule has 3 rings (SSSR count). The van der Waals surface area contributed by atoms with E-state index in [2.05, 4.69) is 10.2 Å². The van der Waals surface area contributed by atoms with Gasteiger partial charge in [0.2, 0.25) is 0 Å². The van der Waals surface area contributed by atoms with Crippen LogP contribution in [0.3, 0.4) is 0 Å². The van der Waals surface area contributed by atoms with Gasteiger partial charge in [0.15, 0.2) is 5.76 Å². The highest BCUT2D eigenvalue weighted by molar-refractivity contribution is 5.91. The van der Waals surface area contributed by atoms with Crippen LogP contribution in [-0.4, -0.2) is 57.9 Å². The molecule has 0 spiro atoms. The number of amides is 1. The molecule has 0 saturated carbocycles. The molecule has 0 bridgehead atoms. The molecule has 1 aliphatic heterocycles. The Morgan fingerprint density at radius 3 is 2.56 bits per heavy atom. The van der Waals surface area contributed by atoms with E-state index in [1.165, 1.54) is 0 Å². The van der Waals surface area contributed by atoms with Gasteiger partial charge < -0.3 is 23.9 Å². The summed E-state index contributed by atoms with van der Waals surface area (Å²) in [6.45, 7) is 3.86. The first-order chi connectivity index (χ1) is 13.2. The summed E-state index contributed by atoms with van der Waals surface area (Å²) in [6, 6.07) is 11.4. The lowest BCUT2D eigenvalue weighted by Gasteiger charge is -2.34. The highest BCUT2D eigenvalue weighted by Crippen LogP contribution is 2.24. The lowest BCUT2D eigenvalue weighted by molar-refractivity contribution is 0.0161. The zero-order valence-corrected chi connectivity index (χ0v) is 15.8. The van der Waals surface area contributed by atoms with Crippen LogP contribution >= 0.6 is 0 Å². The van der Waals surface area contributed by atoms with Gasteiger partial charge >= 0.3 is 0 Å². The molecule has 1 aromatic carbocycles. The molecule has 1 saturated heterocycles.